The molecule has 1 fully saturated rings. The molecule has 1 amide bonds. The molecule has 0 saturated heterocycles. The topological polar surface area (TPSA) is 78.3 Å². The molecule has 162 valence electrons. The third kappa shape index (κ3) is 4.52. The number of carbonyl (C=O) groups excluding carboxylic acids is 1. The molecule has 1 saturated carbocycles. The van der Waals surface area contributed by atoms with Crippen molar-refractivity contribution in [3.05, 3.63) is 54.3 Å². The molecule has 1 heterocycles. The smallest absolute Gasteiger partial charge is 0.336 e. The van der Waals surface area contributed by atoms with Gasteiger partial charge in [-0.1, -0.05) is 6.07 Å². The average molecular weight is 449 g/mol. The Balaban J connectivity index is 1.65. The quantitative estimate of drug-likeness (QED) is 0.419. The van der Waals surface area contributed by atoms with Crippen LogP contribution in [0.1, 0.15) is 6.42 Å². The lowest BCUT2D eigenvalue weighted by Gasteiger charge is -2.11. The molecule has 0 aliphatic heterocycles. The number of aromatic nitrogens is 3. The van der Waals surface area contributed by atoms with Crippen LogP contribution in [-0.2, 0) is 9.53 Å². The van der Waals surface area contributed by atoms with Crippen molar-refractivity contribution in [1.82, 2.24) is 14.8 Å². The molecule has 2 atom stereocenters. The molecule has 31 heavy (non-hydrogen) atoms. The van der Waals surface area contributed by atoms with Gasteiger partial charge in [0.05, 0.1) is 12.3 Å². The van der Waals surface area contributed by atoms with Gasteiger partial charge in [-0.15, -0.1) is 16.7 Å². The summed E-state index contributed by atoms with van der Waals surface area (Å²) in [5, 5.41) is 7.01. The molecule has 4 rings (SSSR count). The van der Waals surface area contributed by atoms with E-state index < -0.39 is 17.0 Å². The summed E-state index contributed by atoms with van der Waals surface area (Å²) in [6.45, 7) is 0.610. The van der Waals surface area contributed by atoms with Crippen LogP contribution in [0, 0.1) is 5.82 Å². The standard InChI is InChI=1S/C21H19ClF2N4O3/c1-30-9-10-31-20-26-18(13-5-7-14(23)8-6-13)28(27-20)16-4-2-3-15(11-16)25-19(29)21(22)12-17(21)24/h2-8,11,17H,9-10,12H2,1H3,(H,25,29). The Kier molecular flexibility index (Phi) is 5.88. The number of halogens is 3. The number of methoxy groups -OCH3 is 1. The molecule has 1 aliphatic carbocycles. The van der Waals surface area contributed by atoms with Gasteiger partial charge in [0.2, 0.25) is 5.91 Å². The number of benzene rings is 2. The molecule has 1 N–H and O–H groups in total. The maximum Gasteiger partial charge on any atom is 0.336 e. The fraction of sp³-hybridized carbons (Fsp3) is 0.286. The van der Waals surface area contributed by atoms with Crippen molar-refractivity contribution in [3.63, 3.8) is 0 Å². The van der Waals surface area contributed by atoms with Gasteiger partial charge >= 0.3 is 6.01 Å². The molecule has 0 radical (unpaired) electrons. The van der Waals surface area contributed by atoms with E-state index in [2.05, 4.69) is 15.4 Å². The van der Waals surface area contributed by atoms with Gasteiger partial charge in [0.25, 0.3) is 0 Å². The van der Waals surface area contributed by atoms with Gasteiger partial charge in [0.1, 0.15) is 18.6 Å². The number of amides is 1. The molecule has 0 spiro atoms. The Hall–Kier alpha value is -3.04. The Bertz CT molecular complexity index is 1090. The molecule has 3 aromatic rings. The van der Waals surface area contributed by atoms with Crippen molar-refractivity contribution in [2.24, 2.45) is 0 Å². The van der Waals surface area contributed by atoms with Crippen LogP contribution in [0.15, 0.2) is 48.5 Å². The maximum atomic E-state index is 13.4. The Morgan fingerprint density at radius 1 is 1.29 bits per heavy atom. The first kappa shape index (κ1) is 21.2. The van der Waals surface area contributed by atoms with E-state index >= 15 is 0 Å². The fourth-order valence-electron chi connectivity index (χ4n) is 2.92. The van der Waals surface area contributed by atoms with Crippen molar-refractivity contribution >= 4 is 23.2 Å². The highest BCUT2D eigenvalue weighted by Crippen LogP contribution is 2.46. The van der Waals surface area contributed by atoms with Crippen LogP contribution >= 0.6 is 11.6 Å². The maximum absolute atomic E-state index is 13.4. The van der Waals surface area contributed by atoms with Crippen molar-refractivity contribution < 1.29 is 23.0 Å². The van der Waals surface area contributed by atoms with Gasteiger partial charge in [0.15, 0.2) is 10.7 Å². The van der Waals surface area contributed by atoms with E-state index in [-0.39, 0.29) is 24.9 Å². The molecule has 0 bridgehead atoms. The van der Waals surface area contributed by atoms with Crippen LogP contribution in [0.5, 0.6) is 6.01 Å². The number of hydrogen-bond acceptors (Lipinski definition) is 5. The zero-order valence-electron chi connectivity index (χ0n) is 16.5. The van der Waals surface area contributed by atoms with E-state index in [1.54, 1.807) is 43.5 Å². The SMILES string of the molecule is COCCOc1nc(-c2ccc(F)cc2)n(-c2cccc(NC(=O)C3(Cl)CC3F)c2)n1. The normalized spacial score (nSPS) is 19.8. The lowest BCUT2D eigenvalue weighted by molar-refractivity contribution is -0.116. The lowest BCUT2D eigenvalue weighted by atomic mass is 10.2. The first-order chi connectivity index (χ1) is 14.9. The summed E-state index contributed by atoms with van der Waals surface area (Å²) in [6.07, 6.45) is -1.37. The van der Waals surface area contributed by atoms with Gasteiger partial charge < -0.3 is 14.8 Å². The predicted molar refractivity (Wildman–Crippen MR) is 111 cm³/mol. The summed E-state index contributed by atoms with van der Waals surface area (Å²) in [6, 6.07) is 12.7. The van der Waals surface area contributed by atoms with Gasteiger partial charge in [-0.2, -0.15) is 4.98 Å². The fourth-order valence-corrected chi connectivity index (χ4v) is 3.11. The molecule has 2 unspecified atom stereocenters. The Labute approximate surface area is 181 Å². The van der Waals surface area contributed by atoms with Crippen LogP contribution in [-0.4, -0.2) is 52.0 Å². The number of anilines is 1. The summed E-state index contributed by atoms with van der Waals surface area (Å²) < 4.78 is 38.8. The molecule has 1 aromatic heterocycles. The summed E-state index contributed by atoms with van der Waals surface area (Å²) in [5.41, 5.74) is 1.59. The van der Waals surface area contributed by atoms with Crippen LogP contribution in [0.3, 0.4) is 0 Å². The average Bonchev–Trinajstić information content (AvgIpc) is 3.18. The van der Waals surface area contributed by atoms with Crippen molar-refractivity contribution in [2.45, 2.75) is 17.5 Å². The molecule has 2 aromatic carbocycles. The highest BCUT2D eigenvalue weighted by molar-refractivity contribution is 6.39. The van der Waals surface area contributed by atoms with Gasteiger partial charge in [-0.3, -0.25) is 4.79 Å². The van der Waals surface area contributed by atoms with Gasteiger partial charge in [-0.25, -0.2) is 13.5 Å². The second kappa shape index (κ2) is 8.60. The lowest BCUT2D eigenvalue weighted by Crippen LogP contribution is -2.27. The summed E-state index contributed by atoms with van der Waals surface area (Å²) >= 11 is 5.96. The van der Waals surface area contributed by atoms with E-state index in [4.69, 9.17) is 21.1 Å². The molecule has 10 heteroatoms. The largest absolute Gasteiger partial charge is 0.460 e. The first-order valence-electron chi connectivity index (χ1n) is 9.50. The molecular formula is C21H19ClF2N4O3. The van der Waals surface area contributed by atoms with Crippen LogP contribution in [0.2, 0.25) is 0 Å². The minimum absolute atomic E-state index is 0.0138. The molecule has 7 nitrogen and oxygen atoms in total. The highest BCUT2D eigenvalue weighted by Gasteiger charge is 2.60. The minimum atomic E-state index is -1.51. The number of nitrogens with zero attached hydrogens (tertiary/aromatic N) is 3. The van der Waals surface area contributed by atoms with Crippen molar-refractivity contribution in [1.29, 1.82) is 0 Å². The Morgan fingerprint density at radius 2 is 2.03 bits per heavy atom. The Morgan fingerprint density at radius 3 is 2.71 bits per heavy atom. The van der Waals surface area contributed by atoms with Gasteiger partial charge in [-0.05, 0) is 42.5 Å². The van der Waals surface area contributed by atoms with E-state index in [0.717, 1.165) is 0 Å². The van der Waals surface area contributed by atoms with Crippen molar-refractivity contribution in [2.75, 3.05) is 25.6 Å². The third-order valence-electron chi connectivity index (χ3n) is 4.75. The van der Waals surface area contributed by atoms with Crippen LogP contribution < -0.4 is 10.1 Å². The number of hydrogen-bond donors (Lipinski definition) is 1. The predicted octanol–water partition coefficient (Wildman–Crippen LogP) is 3.76. The van der Waals surface area contributed by atoms with E-state index in [1.165, 1.54) is 16.8 Å². The summed E-state index contributed by atoms with van der Waals surface area (Å²) in [4.78, 5) is 15.1. The summed E-state index contributed by atoms with van der Waals surface area (Å²) in [5.74, 6) is -0.562. The van der Waals surface area contributed by atoms with E-state index in [9.17, 15) is 13.6 Å². The first-order valence-corrected chi connectivity index (χ1v) is 9.88. The summed E-state index contributed by atoms with van der Waals surface area (Å²) in [7, 11) is 1.55. The van der Waals surface area contributed by atoms with Crippen LogP contribution in [0.4, 0.5) is 14.5 Å². The molecular weight excluding hydrogens is 430 g/mol. The highest BCUT2D eigenvalue weighted by atomic mass is 35.5. The second-order valence-electron chi connectivity index (χ2n) is 7.02. The molecule has 1 aliphatic rings. The minimum Gasteiger partial charge on any atom is -0.460 e. The van der Waals surface area contributed by atoms with E-state index in [1.807, 2.05) is 0 Å². The van der Waals surface area contributed by atoms with E-state index in [0.29, 0.717) is 29.4 Å². The number of ether oxygens (including phenoxy) is 2. The third-order valence-corrected chi connectivity index (χ3v) is 5.31. The zero-order valence-corrected chi connectivity index (χ0v) is 17.3. The van der Waals surface area contributed by atoms with Crippen LogP contribution in [0.25, 0.3) is 17.1 Å². The van der Waals surface area contributed by atoms with Crippen molar-refractivity contribution in [3.8, 4) is 23.1 Å². The zero-order chi connectivity index (χ0) is 22.0. The monoisotopic (exact) mass is 448 g/mol. The van der Waals surface area contributed by atoms with Gasteiger partial charge in [0, 0.05) is 24.8 Å². The number of rotatable bonds is 8. The number of nitrogens with one attached hydrogen (secondary N) is 1. The number of alkyl halides is 2. The number of carbonyl (C=O) groups is 1. The second-order valence-corrected chi connectivity index (χ2v) is 7.69.